The first kappa shape index (κ1) is 37.5. The molecule has 4 aliphatic heterocycles. The van der Waals surface area contributed by atoms with Crippen molar-refractivity contribution in [2.24, 2.45) is 0 Å². The smallest absolute Gasteiger partial charge is 0.261 e. The molecule has 11 heteroatoms. The highest BCUT2D eigenvalue weighted by Gasteiger charge is 2.31. The van der Waals surface area contributed by atoms with E-state index in [1.807, 2.05) is 42.5 Å². The molecule has 3 N–H and O–H groups in total. The Hall–Kier alpha value is -4.39. The molecule has 0 unspecified atom stereocenters. The van der Waals surface area contributed by atoms with Crippen LogP contribution in [0.3, 0.4) is 0 Å². The summed E-state index contributed by atoms with van der Waals surface area (Å²) >= 11 is 0. The Bertz CT molecular complexity index is 2270. The van der Waals surface area contributed by atoms with Crippen LogP contribution in [-0.2, 0) is 58.5 Å². The van der Waals surface area contributed by atoms with E-state index in [1.54, 1.807) is 24.3 Å². The van der Waals surface area contributed by atoms with Crippen LogP contribution in [-0.4, -0.2) is 79.0 Å². The van der Waals surface area contributed by atoms with Gasteiger partial charge in [-0.2, -0.15) is 0 Å². The van der Waals surface area contributed by atoms with Gasteiger partial charge >= 0.3 is 0 Å². The summed E-state index contributed by atoms with van der Waals surface area (Å²) < 4.78 is 44.3. The van der Waals surface area contributed by atoms with Crippen molar-refractivity contribution in [2.75, 3.05) is 50.0 Å². The highest BCUT2D eigenvalue weighted by atomic mass is 32.2. The summed E-state index contributed by atoms with van der Waals surface area (Å²) in [6, 6.07) is 21.9. The Kier molecular flexibility index (Phi) is 11.2. The van der Waals surface area contributed by atoms with Gasteiger partial charge in [-0.1, -0.05) is 30.4 Å². The number of aromatic nitrogens is 2. The van der Waals surface area contributed by atoms with Crippen molar-refractivity contribution in [1.29, 1.82) is 0 Å². The lowest BCUT2D eigenvalue weighted by Crippen LogP contribution is -2.42. The van der Waals surface area contributed by atoms with Crippen LogP contribution >= 0.6 is 0 Å². The molecule has 2 aromatic heterocycles. The Labute approximate surface area is 325 Å². The maximum absolute atomic E-state index is 12.8. The average Bonchev–Trinajstić information content (AvgIpc) is 3.69. The third-order valence-electron chi connectivity index (χ3n) is 11.9. The molecule has 0 radical (unpaired) electrons. The van der Waals surface area contributed by atoms with E-state index in [1.165, 1.54) is 33.4 Å². The number of hydrogen-bond acceptors (Lipinski definition) is 7. The van der Waals surface area contributed by atoms with Gasteiger partial charge in [-0.3, -0.25) is 14.5 Å². The molecule has 5 aromatic rings. The number of nitrogen functional groups attached to an aromatic ring is 1. The highest BCUT2D eigenvalue weighted by molar-refractivity contribution is 7.92. The molecule has 2 fully saturated rings. The molecule has 10 nitrogen and oxygen atoms in total. The van der Waals surface area contributed by atoms with Crippen molar-refractivity contribution in [2.45, 2.75) is 81.7 Å². The van der Waals surface area contributed by atoms with Crippen LogP contribution in [0.5, 0.6) is 0 Å². The predicted molar refractivity (Wildman–Crippen MR) is 222 cm³/mol. The highest BCUT2D eigenvalue weighted by Crippen LogP contribution is 2.36. The van der Waals surface area contributed by atoms with Gasteiger partial charge in [0.25, 0.3) is 10.0 Å². The second-order valence-corrected chi connectivity index (χ2v) is 16.9. The summed E-state index contributed by atoms with van der Waals surface area (Å²) in [5.41, 5.74) is 15.5. The molecule has 55 heavy (non-hydrogen) atoms. The molecular weight excluding hydrogens is 709 g/mol. The largest absolute Gasteiger partial charge is 0.399 e. The molecule has 3 aromatic carbocycles. The van der Waals surface area contributed by atoms with Crippen LogP contribution in [0, 0.1) is 0 Å². The lowest BCUT2D eigenvalue weighted by molar-refractivity contribution is 0.0288. The third kappa shape index (κ3) is 7.73. The quantitative estimate of drug-likeness (QED) is 0.122. The predicted octanol–water partition coefficient (Wildman–Crippen LogP) is 7.11. The summed E-state index contributed by atoms with van der Waals surface area (Å²) in [5.74, 6) is 0. The fourth-order valence-corrected chi connectivity index (χ4v) is 10.3. The van der Waals surface area contributed by atoms with Crippen LogP contribution in [0.2, 0.25) is 0 Å². The Morgan fingerprint density at radius 1 is 0.709 bits per heavy atom. The first-order valence-electron chi connectivity index (χ1n) is 19.8. The molecule has 0 saturated carbocycles. The molecule has 0 bridgehead atoms. The number of rotatable bonds is 9. The van der Waals surface area contributed by atoms with Crippen LogP contribution in [0.1, 0.15) is 48.2 Å². The zero-order valence-corrected chi connectivity index (χ0v) is 32.6. The molecule has 290 valence electrons. The van der Waals surface area contributed by atoms with E-state index in [0.29, 0.717) is 17.8 Å². The molecule has 9 rings (SSSR count). The normalized spacial score (nSPS) is 18.7. The zero-order chi connectivity index (χ0) is 37.9. The van der Waals surface area contributed by atoms with Crippen molar-refractivity contribution >= 4 is 43.2 Å². The molecule has 4 aliphatic rings. The fraction of sp³-hybridized carbons (Fsp3) is 0.409. The van der Waals surface area contributed by atoms with Crippen molar-refractivity contribution in [3.05, 3.63) is 115 Å². The second kappa shape index (κ2) is 16.4. The van der Waals surface area contributed by atoms with Gasteiger partial charge in [-0.15, -0.1) is 13.2 Å². The van der Waals surface area contributed by atoms with Crippen molar-refractivity contribution in [3.8, 4) is 0 Å². The standard InChI is InChI=1S/C25H29N3O3S.C19H25N3O/c1-2-13-28-24-9-8-19(26-32(29,30)21-6-4-3-5-7-21)17-22(24)23-18-27(14-10-25(23)28)20-11-15-31-16-12-20;1-2-8-22-18-4-3-14(20)12-16(18)17-13-21(9-5-19(17)22)15-6-10-23-11-7-15/h2-9,17,20,26H,1,10-16,18H2;2-4,12,15H,1,5-11,13,20H2. The van der Waals surface area contributed by atoms with Crippen molar-refractivity contribution in [3.63, 3.8) is 0 Å². The first-order valence-corrected chi connectivity index (χ1v) is 21.3. The zero-order valence-electron chi connectivity index (χ0n) is 31.8. The minimum Gasteiger partial charge on any atom is -0.399 e. The number of hydrogen-bond donors (Lipinski definition) is 2. The van der Waals surface area contributed by atoms with E-state index in [4.69, 9.17) is 15.2 Å². The van der Waals surface area contributed by atoms with Gasteiger partial charge in [-0.25, -0.2) is 8.42 Å². The lowest BCUT2D eigenvalue weighted by Gasteiger charge is -2.37. The molecule has 6 heterocycles. The maximum Gasteiger partial charge on any atom is 0.261 e. The topological polar surface area (TPSA) is 107 Å². The SMILES string of the molecule is C=CCn1c2c(c3cc(N)ccc31)CN(C1CCOCC1)CC2.C=CCn1c2c(c3cc(NS(=O)(=O)c4ccccc4)ccc31)CN(C1CCOCC1)CC2. The second-order valence-electron chi connectivity index (χ2n) is 15.2. The molecule has 0 atom stereocenters. The van der Waals surface area contributed by atoms with Crippen LogP contribution < -0.4 is 10.5 Å². The number of fused-ring (bicyclic) bond motifs is 6. The van der Waals surface area contributed by atoms with Crippen molar-refractivity contribution in [1.82, 2.24) is 18.9 Å². The van der Waals surface area contributed by atoms with Gasteiger partial charge in [0.1, 0.15) is 0 Å². The number of nitrogens with two attached hydrogens (primary N) is 1. The third-order valence-corrected chi connectivity index (χ3v) is 13.3. The average molecular weight is 763 g/mol. The Morgan fingerprint density at radius 3 is 1.75 bits per heavy atom. The molecule has 2 saturated heterocycles. The summed E-state index contributed by atoms with van der Waals surface area (Å²) in [6.07, 6.45) is 10.5. The van der Waals surface area contributed by atoms with E-state index in [0.717, 1.165) is 121 Å². The Morgan fingerprint density at radius 2 is 1.22 bits per heavy atom. The van der Waals surface area contributed by atoms with Gasteiger partial charge in [0, 0.05) is 135 Å². The molecule has 0 amide bonds. The molecule has 0 spiro atoms. The van der Waals surface area contributed by atoms with E-state index in [2.05, 4.69) is 48.9 Å². The first-order chi connectivity index (χ1) is 26.8. The van der Waals surface area contributed by atoms with E-state index >= 15 is 0 Å². The summed E-state index contributed by atoms with van der Waals surface area (Å²) in [5, 5.41) is 2.44. The summed E-state index contributed by atoms with van der Waals surface area (Å²) in [6.45, 7) is 17.0. The van der Waals surface area contributed by atoms with Crippen molar-refractivity contribution < 1.29 is 17.9 Å². The van der Waals surface area contributed by atoms with Gasteiger partial charge in [-0.05, 0) is 85.3 Å². The lowest BCUT2D eigenvalue weighted by atomic mass is 9.99. The molecular formula is C44H54N6O4S. The number of allylic oxidation sites excluding steroid dienone is 2. The number of benzene rings is 3. The van der Waals surface area contributed by atoms with Gasteiger partial charge in [0.2, 0.25) is 0 Å². The number of nitrogens with zero attached hydrogens (tertiary/aromatic N) is 4. The van der Waals surface area contributed by atoms with Gasteiger partial charge < -0.3 is 24.3 Å². The van der Waals surface area contributed by atoms with Crippen LogP contribution in [0.4, 0.5) is 11.4 Å². The minimum atomic E-state index is -3.63. The number of anilines is 2. The van der Waals surface area contributed by atoms with Crippen LogP contribution in [0.25, 0.3) is 21.8 Å². The maximum atomic E-state index is 12.8. The fourth-order valence-electron chi connectivity index (χ4n) is 9.24. The molecule has 0 aliphatic carbocycles. The van der Waals surface area contributed by atoms with Crippen LogP contribution in [0.15, 0.2) is 96.9 Å². The number of sulfonamides is 1. The van der Waals surface area contributed by atoms with Gasteiger partial charge in [0.15, 0.2) is 0 Å². The summed E-state index contributed by atoms with van der Waals surface area (Å²) in [7, 11) is -3.63. The van der Waals surface area contributed by atoms with E-state index in [-0.39, 0.29) is 4.90 Å². The Balaban J connectivity index is 0.000000164. The monoisotopic (exact) mass is 762 g/mol. The summed E-state index contributed by atoms with van der Waals surface area (Å²) in [4.78, 5) is 5.48. The minimum absolute atomic E-state index is 0.261. The van der Waals surface area contributed by atoms with E-state index < -0.39 is 10.0 Å². The number of nitrogens with one attached hydrogen (secondary N) is 1. The number of ether oxygens (including phenoxy) is 2. The van der Waals surface area contributed by atoms with E-state index in [9.17, 15) is 8.42 Å². The van der Waals surface area contributed by atoms with Gasteiger partial charge in [0.05, 0.1) is 4.90 Å².